The first kappa shape index (κ1) is 22.7. The van der Waals surface area contributed by atoms with E-state index in [0.29, 0.717) is 12.8 Å². The van der Waals surface area contributed by atoms with Gasteiger partial charge in [0.1, 0.15) is 0 Å². The van der Waals surface area contributed by atoms with Crippen LogP contribution in [0.25, 0.3) is 0 Å². The normalized spacial score (nSPS) is 23.9. The third-order valence-electron chi connectivity index (χ3n) is 8.13. The van der Waals surface area contributed by atoms with Crippen LogP contribution in [0.15, 0.2) is 81.0 Å². The molecule has 168 valence electrons. The predicted octanol–water partition coefficient (Wildman–Crippen LogP) is 7.47. The van der Waals surface area contributed by atoms with Crippen LogP contribution >= 0.6 is 0 Å². The SMILES string of the molecule is CCC(C)(C)C1=C/C(=C2/C=C(C(C)(C)CC)C(=O)C3=C2CC=CC3)C2=C(CC=CC2)C1=O. The Labute approximate surface area is 193 Å². The lowest BCUT2D eigenvalue weighted by Crippen LogP contribution is -2.29. The Morgan fingerprint density at radius 1 is 0.594 bits per heavy atom. The largest absolute Gasteiger partial charge is 0.289 e. The van der Waals surface area contributed by atoms with Gasteiger partial charge < -0.3 is 0 Å². The van der Waals surface area contributed by atoms with Crippen LogP contribution in [0.3, 0.4) is 0 Å². The van der Waals surface area contributed by atoms with Gasteiger partial charge in [-0.15, -0.1) is 0 Å². The van der Waals surface area contributed by atoms with Crippen LogP contribution in [-0.4, -0.2) is 11.6 Å². The van der Waals surface area contributed by atoms with Gasteiger partial charge in [0.25, 0.3) is 0 Å². The first-order chi connectivity index (χ1) is 15.1. The van der Waals surface area contributed by atoms with Crippen molar-refractivity contribution in [3.63, 3.8) is 0 Å². The first-order valence-corrected chi connectivity index (χ1v) is 12.1. The van der Waals surface area contributed by atoms with Crippen molar-refractivity contribution < 1.29 is 9.59 Å². The highest BCUT2D eigenvalue weighted by molar-refractivity contribution is 6.14. The van der Waals surface area contributed by atoms with Gasteiger partial charge in [0.2, 0.25) is 0 Å². The molecule has 32 heavy (non-hydrogen) atoms. The Hall–Kier alpha value is -2.48. The number of ketones is 2. The number of allylic oxidation sites excluding steroid dienone is 14. The van der Waals surface area contributed by atoms with Crippen LogP contribution < -0.4 is 0 Å². The van der Waals surface area contributed by atoms with Gasteiger partial charge in [-0.05, 0) is 83.8 Å². The van der Waals surface area contributed by atoms with Crippen molar-refractivity contribution in [1.29, 1.82) is 0 Å². The van der Waals surface area contributed by atoms with Crippen molar-refractivity contribution >= 4 is 11.6 Å². The van der Waals surface area contributed by atoms with Crippen LogP contribution in [0.1, 0.15) is 80.1 Å². The number of carbonyl (C=O) groups is 2. The average molecular weight is 429 g/mol. The summed E-state index contributed by atoms with van der Waals surface area (Å²) in [5.74, 6) is 0.423. The van der Waals surface area contributed by atoms with Gasteiger partial charge >= 0.3 is 0 Å². The standard InChI is InChI=1S/C30H36O2/c1-7-29(3,4)25-17-23(19-13-9-11-15-21(19)27(25)31)24-18-26(30(5,6)8-2)28(32)22-16-12-10-14-20(22)24/h9-12,17-18H,7-8,13-16H2,1-6H3/b24-23+. The molecule has 2 nitrogen and oxygen atoms in total. The van der Waals surface area contributed by atoms with E-state index in [4.69, 9.17) is 0 Å². The third kappa shape index (κ3) is 3.58. The van der Waals surface area contributed by atoms with E-state index in [9.17, 15) is 9.59 Å². The van der Waals surface area contributed by atoms with E-state index in [1.54, 1.807) is 0 Å². The molecule has 0 aromatic carbocycles. The predicted molar refractivity (Wildman–Crippen MR) is 132 cm³/mol. The lowest BCUT2D eigenvalue weighted by atomic mass is 9.67. The van der Waals surface area contributed by atoms with Gasteiger partial charge in [-0.2, -0.15) is 0 Å². The molecule has 0 saturated carbocycles. The molecule has 0 N–H and O–H groups in total. The molecule has 0 aromatic rings. The zero-order valence-corrected chi connectivity index (χ0v) is 20.5. The first-order valence-electron chi connectivity index (χ1n) is 12.1. The number of carbonyl (C=O) groups excluding carboxylic acids is 2. The second kappa shape index (κ2) is 8.14. The van der Waals surface area contributed by atoms with Gasteiger partial charge in [0.15, 0.2) is 11.6 Å². The van der Waals surface area contributed by atoms with E-state index < -0.39 is 0 Å². The quantitative estimate of drug-likeness (QED) is 0.435. The summed E-state index contributed by atoms with van der Waals surface area (Å²) in [6.45, 7) is 13.0. The molecule has 0 bridgehead atoms. The van der Waals surface area contributed by atoms with Crippen molar-refractivity contribution in [3.8, 4) is 0 Å². The van der Waals surface area contributed by atoms with Gasteiger partial charge in [0.05, 0.1) is 0 Å². The smallest absolute Gasteiger partial charge is 0.186 e. The van der Waals surface area contributed by atoms with Crippen LogP contribution in [0.4, 0.5) is 0 Å². The Bertz CT molecular complexity index is 1020. The molecular formula is C30H36O2. The topological polar surface area (TPSA) is 34.1 Å². The molecule has 0 unspecified atom stereocenters. The molecule has 0 radical (unpaired) electrons. The monoisotopic (exact) mass is 428 g/mol. The second-order valence-corrected chi connectivity index (χ2v) is 10.8. The number of rotatable bonds is 4. The number of Topliss-reactive ketones (excluding diaryl/α,β-unsaturated/α-hetero) is 2. The molecular weight excluding hydrogens is 392 g/mol. The van der Waals surface area contributed by atoms with Crippen LogP contribution in [0, 0.1) is 10.8 Å². The lowest BCUT2D eigenvalue weighted by Gasteiger charge is -2.35. The molecule has 4 rings (SSSR count). The zero-order chi connectivity index (χ0) is 23.3. The summed E-state index contributed by atoms with van der Waals surface area (Å²) in [5, 5.41) is 0. The number of hydrogen-bond donors (Lipinski definition) is 0. The summed E-state index contributed by atoms with van der Waals surface area (Å²) in [4.78, 5) is 27.0. The molecule has 0 atom stereocenters. The highest BCUT2D eigenvalue weighted by Gasteiger charge is 2.38. The summed E-state index contributed by atoms with van der Waals surface area (Å²) in [6, 6.07) is 0. The molecule has 4 aliphatic rings. The minimum absolute atomic E-state index is 0.189. The van der Waals surface area contributed by atoms with Crippen molar-refractivity contribution in [2.45, 2.75) is 80.1 Å². The summed E-state index contributed by atoms with van der Waals surface area (Å²) in [5.41, 5.74) is 7.98. The maximum absolute atomic E-state index is 13.5. The fraction of sp³-hybridized carbons (Fsp3) is 0.467. The summed E-state index contributed by atoms with van der Waals surface area (Å²) < 4.78 is 0. The minimum atomic E-state index is -0.189. The van der Waals surface area contributed by atoms with Crippen LogP contribution in [0.2, 0.25) is 0 Å². The lowest BCUT2D eigenvalue weighted by molar-refractivity contribution is -0.114. The van der Waals surface area contributed by atoms with E-state index in [1.165, 1.54) is 11.1 Å². The molecule has 0 aliphatic heterocycles. The molecule has 0 fully saturated rings. The Kier molecular flexibility index (Phi) is 5.77. The molecule has 0 saturated heterocycles. The van der Waals surface area contributed by atoms with Crippen molar-refractivity contribution in [2.75, 3.05) is 0 Å². The minimum Gasteiger partial charge on any atom is -0.289 e. The van der Waals surface area contributed by atoms with E-state index in [2.05, 4.69) is 78.0 Å². The molecule has 0 aromatic heterocycles. The van der Waals surface area contributed by atoms with E-state index in [1.807, 2.05) is 0 Å². The van der Waals surface area contributed by atoms with Crippen molar-refractivity contribution in [3.05, 3.63) is 81.0 Å². The summed E-state index contributed by atoms with van der Waals surface area (Å²) >= 11 is 0. The van der Waals surface area contributed by atoms with Crippen molar-refractivity contribution in [2.24, 2.45) is 10.8 Å². The highest BCUT2D eigenvalue weighted by atomic mass is 16.1. The maximum atomic E-state index is 13.5. The average Bonchev–Trinajstić information content (AvgIpc) is 2.80. The van der Waals surface area contributed by atoms with Crippen LogP contribution in [0.5, 0.6) is 0 Å². The number of hydrogen-bond acceptors (Lipinski definition) is 2. The van der Waals surface area contributed by atoms with Gasteiger partial charge in [0, 0.05) is 22.3 Å². The fourth-order valence-electron chi connectivity index (χ4n) is 5.09. The highest BCUT2D eigenvalue weighted by Crippen LogP contribution is 2.47. The molecule has 2 heteroatoms. The summed E-state index contributed by atoms with van der Waals surface area (Å²) in [6.07, 6.45) is 17.7. The molecule has 4 aliphatic carbocycles. The fourth-order valence-corrected chi connectivity index (χ4v) is 5.09. The van der Waals surface area contributed by atoms with Gasteiger partial charge in [-0.3, -0.25) is 9.59 Å². The van der Waals surface area contributed by atoms with Gasteiger partial charge in [-0.25, -0.2) is 0 Å². The Morgan fingerprint density at radius 2 is 0.906 bits per heavy atom. The molecule has 0 amide bonds. The zero-order valence-electron chi connectivity index (χ0n) is 20.5. The van der Waals surface area contributed by atoms with E-state index >= 15 is 0 Å². The molecule has 0 heterocycles. The second-order valence-electron chi connectivity index (χ2n) is 10.8. The van der Waals surface area contributed by atoms with Gasteiger partial charge in [-0.1, -0.05) is 65.8 Å². The van der Waals surface area contributed by atoms with E-state index in [0.717, 1.165) is 59.1 Å². The van der Waals surface area contributed by atoms with Crippen LogP contribution in [-0.2, 0) is 9.59 Å². The Balaban J connectivity index is 2.04. The van der Waals surface area contributed by atoms with Crippen molar-refractivity contribution in [1.82, 2.24) is 0 Å². The van der Waals surface area contributed by atoms with E-state index in [-0.39, 0.29) is 22.4 Å². The maximum Gasteiger partial charge on any atom is 0.186 e. The third-order valence-corrected chi connectivity index (χ3v) is 8.13. The Morgan fingerprint density at radius 3 is 1.22 bits per heavy atom. The molecule has 0 spiro atoms. The summed E-state index contributed by atoms with van der Waals surface area (Å²) in [7, 11) is 0.